The van der Waals surface area contributed by atoms with E-state index in [1.54, 1.807) is 0 Å². The first-order chi connectivity index (χ1) is 8.63. The summed E-state index contributed by atoms with van der Waals surface area (Å²) in [5.41, 5.74) is 0. The van der Waals surface area contributed by atoms with Gasteiger partial charge < -0.3 is 10.6 Å². The molecule has 3 heteroatoms. The largest absolute Gasteiger partial charge is 0.352 e. The van der Waals surface area contributed by atoms with E-state index in [0.29, 0.717) is 12.1 Å². The summed E-state index contributed by atoms with van der Waals surface area (Å²) in [6, 6.07) is 0.916. The van der Waals surface area contributed by atoms with Crippen LogP contribution in [-0.4, -0.2) is 24.0 Å². The zero-order valence-corrected chi connectivity index (χ0v) is 11.6. The molecule has 0 aromatic carbocycles. The van der Waals surface area contributed by atoms with Crippen molar-refractivity contribution in [3.63, 3.8) is 0 Å². The first-order valence-electron chi connectivity index (χ1n) is 7.70. The Morgan fingerprint density at radius 3 is 2.44 bits per heavy atom. The number of carbonyl (C=O) groups excluding carboxylic acids is 1. The van der Waals surface area contributed by atoms with Crippen molar-refractivity contribution in [2.75, 3.05) is 0 Å². The van der Waals surface area contributed by atoms with Gasteiger partial charge in [0, 0.05) is 12.1 Å². The van der Waals surface area contributed by atoms with Crippen LogP contribution in [0.2, 0.25) is 0 Å². The second-order valence-corrected chi connectivity index (χ2v) is 6.80. The fourth-order valence-corrected chi connectivity index (χ4v) is 4.05. The molecule has 0 aliphatic heterocycles. The molecular weight excluding hydrogens is 224 g/mol. The summed E-state index contributed by atoms with van der Waals surface area (Å²) in [6.45, 7) is 4.27. The Morgan fingerprint density at radius 1 is 1.11 bits per heavy atom. The fourth-order valence-electron chi connectivity index (χ4n) is 4.05. The minimum absolute atomic E-state index is 0.0419. The number of hydrogen-bond acceptors (Lipinski definition) is 2. The molecule has 3 nitrogen and oxygen atoms in total. The van der Waals surface area contributed by atoms with E-state index in [0.717, 1.165) is 17.8 Å². The van der Waals surface area contributed by atoms with Crippen LogP contribution in [0.15, 0.2) is 0 Å². The van der Waals surface area contributed by atoms with Gasteiger partial charge in [-0.3, -0.25) is 4.79 Å². The van der Waals surface area contributed by atoms with Crippen LogP contribution in [0.3, 0.4) is 0 Å². The van der Waals surface area contributed by atoms with Gasteiger partial charge in [0.05, 0.1) is 6.04 Å². The number of carbonyl (C=O) groups is 1. The van der Waals surface area contributed by atoms with Crippen molar-refractivity contribution in [2.24, 2.45) is 17.8 Å². The summed E-state index contributed by atoms with van der Waals surface area (Å²) < 4.78 is 0. The number of amides is 1. The van der Waals surface area contributed by atoms with Crippen LogP contribution in [0.25, 0.3) is 0 Å². The Kier molecular flexibility index (Phi) is 3.35. The lowest BCUT2D eigenvalue weighted by Crippen LogP contribution is -2.49. The topological polar surface area (TPSA) is 41.1 Å². The first-order valence-corrected chi connectivity index (χ1v) is 7.70. The molecule has 3 saturated carbocycles. The molecule has 0 aromatic heterocycles. The van der Waals surface area contributed by atoms with Crippen LogP contribution in [0.5, 0.6) is 0 Å². The third kappa shape index (κ3) is 2.56. The Balaban J connectivity index is 1.47. The summed E-state index contributed by atoms with van der Waals surface area (Å²) in [5.74, 6) is 2.91. The third-order valence-corrected chi connectivity index (χ3v) is 5.26. The SMILES string of the molecule is CC(NC(C)C1C[C@H]2CC[C@@H]1C2)C(=O)NC1CC1. The van der Waals surface area contributed by atoms with Gasteiger partial charge in [-0.15, -0.1) is 0 Å². The van der Waals surface area contributed by atoms with Crippen molar-refractivity contribution in [1.82, 2.24) is 10.6 Å². The van der Waals surface area contributed by atoms with Crippen molar-refractivity contribution in [1.29, 1.82) is 0 Å². The summed E-state index contributed by atoms with van der Waals surface area (Å²) in [7, 11) is 0. The van der Waals surface area contributed by atoms with E-state index < -0.39 is 0 Å². The zero-order chi connectivity index (χ0) is 12.7. The van der Waals surface area contributed by atoms with Crippen molar-refractivity contribution in [3.05, 3.63) is 0 Å². The van der Waals surface area contributed by atoms with E-state index in [4.69, 9.17) is 0 Å². The second-order valence-electron chi connectivity index (χ2n) is 6.80. The lowest BCUT2D eigenvalue weighted by atomic mass is 9.84. The molecule has 0 heterocycles. The van der Waals surface area contributed by atoms with Gasteiger partial charge in [-0.2, -0.15) is 0 Å². The van der Waals surface area contributed by atoms with Crippen LogP contribution in [-0.2, 0) is 4.79 Å². The molecule has 0 aromatic rings. The highest BCUT2D eigenvalue weighted by Gasteiger charge is 2.42. The molecular formula is C15H26N2O. The van der Waals surface area contributed by atoms with E-state index in [2.05, 4.69) is 17.6 Å². The van der Waals surface area contributed by atoms with E-state index in [1.165, 1.54) is 38.5 Å². The summed E-state index contributed by atoms with van der Waals surface area (Å²) >= 11 is 0. The minimum Gasteiger partial charge on any atom is -0.352 e. The van der Waals surface area contributed by atoms with E-state index >= 15 is 0 Å². The predicted octanol–water partition coefficient (Wildman–Crippen LogP) is 2.07. The maximum atomic E-state index is 11.9. The average molecular weight is 250 g/mol. The van der Waals surface area contributed by atoms with E-state index in [1.807, 2.05) is 6.92 Å². The van der Waals surface area contributed by atoms with Gasteiger partial charge >= 0.3 is 0 Å². The molecule has 1 amide bonds. The summed E-state index contributed by atoms with van der Waals surface area (Å²) in [5, 5.41) is 6.61. The molecule has 3 fully saturated rings. The molecule has 2 N–H and O–H groups in total. The highest BCUT2D eigenvalue weighted by Crippen LogP contribution is 2.49. The Morgan fingerprint density at radius 2 is 1.89 bits per heavy atom. The molecule has 3 aliphatic rings. The molecule has 102 valence electrons. The summed E-state index contributed by atoms with van der Waals surface area (Å²) in [4.78, 5) is 11.9. The molecule has 0 radical (unpaired) electrons. The monoisotopic (exact) mass is 250 g/mol. The van der Waals surface area contributed by atoms with Gasteiger partial charge in [0.2, 0.25) is 5.91 Å². The van der Waals surface area contributed by atoms with Crippen molar-refractivity contribution >= 4 is 5.91 Å². The van der Waals surface area contributed by atoms with Crippen molar-refractivity contribution in [2.45, 2.75) is 70.5 Å². The Bertz CT molecular complexity index is 326. The van der Waals surface area contributed by atoms with Crippen LogP contribution in [0.1, 0.15) is 52.4 Å². The van der Waals surface area contributed by atoms with Gasteiger partial charge in [-0.05, 0) is 63.7 Å². The number of hydrogen-bond donors (Lipinski definition) is 2. The van der Waals surface area contributed by atoms with Crippen LogP contribution in [0, 0.1) is 17.8 Å². The molecule has 3 aliphatic carbocycles. The van der Waals surface area contributed by atoms with Gasteiger partial charge in [0.15, 0.2) is 0 Å². The maximum absolute atomic E-state index is 11.9. The average Bonchev–Trinajstić information content (AvgIpc) is 2.91. The number of fused-ring (bicyclic) bond motifs is 2. The Labute approximate surface area is 110 Å². The third-order valence-electron chi connectivity index (χ3n) is 5.26. The zero-order valence-electron chi connectivity index (χ0n) is 11.6. The molecule has 0 spiro atoms. The fraction of sp³-hybridized carbons (Fsp3) is 0.933. The standard InChI is InChI=1S/C15H26N2O/c1-9(14-8-11-3-4-12(14)7-11)16-10(2)15(18)17-13-5-6-13/h9-14,16H,3-8H2,1-2H3,(H,17,18)/t9?,10?,11-,12+,14?/m0/s1. The predicted molar refractivity (Wildman–Crippen MR) is 72.2 cm³/mol. The van der Waals surface area contributed by atoms with E-state index in [-0.39, 0.29) is 11.9 Å². The number of rotatable bonds is 5. The van der Waals surface area contributed by atoms with Crippen molar-refractivity contribution in [3.8, 4) is 0 Å². The quantitative estimate of drug-likeness (QED) is 0.784. The maximum Gasteiger partial charge on any atom is 0.237 e. The van der Waals surface area contributed by atoms with Gasteiger partial charge in [-0.1, -0.05) is 6.42 Å². The number of nitrogens with one attached hydrogen (secondary N) is 2. The lowest BCUT2D eigenvalue weighted by molar-refractivity contribution is -0.123. The van der Waals surface area contributed by atoms with Gasteiger partial charge in [-0.25, -0.2) is 0 Å². The highest BCUT2D eigenvalue weighted by molar-refractivity contribution is 5.81. The van der Waals surface area contributed by atoms with E-state index in [9.17, 15) is 4.79 Å². The van der Waals surface area contributed by atoms with Gasteiger partial charge in [0.25, 0.3) is 0 Å². The molecule has 5 atom stereocenters. The normalized spacial score (nSPS) is 37.6. The molecule has 18 heavy (non-hydrogen) atoms. The van der Waals surface area contributed by atoms with Crippen molar-refractivity contribution < 1.29 is 4.79 Å². The molecule has 3 unspecified atom stereocenters. The lowest BCUT2D eigenvalue weighted by Gasteiger charge is -2.30. The smallest absolute Gasteiger partial charge is 0.237 e. The summed E-state index contributed by atoms with van der Waals surface area (Å²) in [6.07, 6.45) is 8.03. The molecule has 3 rings (SSSR count). The molecule has 0 saturated heterocycles. The van der Waals surface area contributed by atoms with Gasteiger partial charge in [0.1, 0.15) is 0 Å². The van der Waals surface area contributed by atoms with Crippen LogP contribution < -0.4 is 10.6 Å². The van der Waals surface area contributed by atoms with Crippen LogP contribution in [0.4, 0.5) is 0 Å². The first kappa shape index (κ1) is 12.5. The molecule has 2 bridgehead atoms. The second kappa shape index (κ2) is 4.84. The highest BCUT2D eigenvalue weighted by atomic mass is 16.2. The van der Waals surface area contributed by atoms with Crippen LogP contribution >= 0.6 is 0 Å². The Hall–Kier alpha value is -0.570. The minimum atomic E-state index is -0.0419.